The van der Waals surface area contributed by atoms with E-state index in [4.69, 9.17) is 9.47 Å². The van der Waals surface area contributed by atoms with E-state index in [0.29, 0.717) is 17.9 Å². The predicted molar refractivity (Wildman–Crippen MR) is 78.5 cm³/mol. The van der Waals surface area contributed by atoms with Gasteiger partial charge in [0.1, 0.15) is 12.1 Å². The summed E-state index contributed by atoms with van der Waals surface area (Å²) in [5, 5.41) is 0. The fourth-order valence-corrected chi connectivity index (χ4v) is 2.29. The van der Waals surface area contributed by atoms with Crippen LogP contribution >= 0.6 is 0 Å². The second-order valence-corrected chi connectivity index (χ2v) is 4.66. The first-order valence-corrected chi connectivity index (χ1v) is 6.59. The molecule has 0 heterocycles. The standard InChI is InChI=1S/C17H17FO3/c1-20-16-11-13(9-12-3-5-15(18)6-4-12)10-14(7-8-19)17(16)21-2/h3-6,8,10-11H,7,9H2,1-2H3. The average Bonchev–Trinajstić information content (AvgIpc) is 2.49. The molecule has 0 aliphatic carbocycles. The molecule has 0 amide bonds. The highest BCUT2D eigenvalue weighted by molar-refractivity contribution is 5.61. The minimum absolute atomic E-state index is 0.257. The highest BCUT2D eigenvalue weighted by atomic mass is 19.1. The van der Waals surface area contributed by atoms with E-state index >= 15 is 0 Å². The first kappa shape index (κ1) is 15.0. The number of benzene rings is 2. The lowest BCUT2D eigenvalue weighted by Crippen LogP contribution is -2.00. The molecule has 2 aromatic rings. The second kappa shape index (κ2) is 6.88. The van der Waals surface area contributed by atoms with Gasteiger partial charge < -0.3 is 14.3 Å². The number of carbonyl (C=O) groups excluding carboxylic acids is 1. The van der Waals surface area contributed by atoms with Gasteiger partial charge in [-0.3, -0.25) is 0 Å². The largest absolute Gasteiger partial charge is 0.493 e. The summed E-state index contributed by atoms with van der Waals surface area (Å²) in [5.74, 6) is 0.911. The van der Waals surface area contributed by atoms with Crippen LogP contribution in [0.4, 0.5) is 4.39 Å². The Hall–Kier alpha value is -2.36. The Bertz CT molecular complexity index is 621. The number of aldehydes is 1. The molecule has 0 aliphatic heterocycles. The number of carbonyl (C=O) groups is 1. The van der Waals surface area contributed by atoms with Crippen molar-refractivity contribution in [3.05, 3.63) is 58.9 Å². The van der Waals surface area contributed by atoms with Crippen LogP contribution in [0.25, 0.3) is 0 Å². The van der Waals surface area contributed by atoms with E-state index in [9.17, 15) is 9.18 Å². The van der Waals surface area contributed by atoms with Crippen molar-refractivity contribution in [3.8, 4) is 11.5 Å². The first-order chi connectivity index (χ1) is 10.2. The monoisotopic (exact) mass is 288 g/mol. The van der Waals surface area contributed by atoms with Crippen LogP contribution in [0.15, 0.2) is 36.4 Å². The maximum Gasteiger partial charge on any atom is 0.164 e. The molecule has 0 fully saturated rings. The van der Waals surface area contributed by atoms with Crippen molar-refractivity contribution in [2.24, 2.45) is 0 Å². The molecule has 2 rings (SSSR count). The lowest BCUT2D eigenvalue weighted by atomic mass is 10.0. The van der Waals surface area contributed by atoms with E-state index in [1.54, 1.807) is 26.4 Å². The van der Waals surface area contributed by atoms with E-state index < -0.39 is 0 Å². The number of rotatable bonds is 6. The maximum absolute atomic E-state index is 12.9. The van der Waals surface area contributed by atoms with Crippen molar-refractivity contribution in [1.29, 1.82) is 0 Å². The van der Waals surface area contributed by atoms with Crippen molar-refractivity contribution in [1.82, 2.24) is 0 Å². The molecule has 0 saturated carbocycles. The zero-order valence-corrected chi connectivity index (χ0v) is 12.1. The Kier molecular flexibility index (Phi) is 4.93. The fourth-order valence-electron chi connectivity index (χ4n) is 2.29. The van der Waals surface area contributed by atoms with Crippen LogP contribution in [-0.4, -0.2) is 20.5 Å². The Morgan fingerprint density at radius 1 is 1.05 bits per heavy atom. The van der Waals surface area contributed by atoms with Gasteiger partial charge in [0.2, 0.25) is 0 Å². The molecule has 4 heteroatoms. The van der Waals surface area contributed by atoms with Crippen LogP contribution in [0.3, 0.4) is 0 Å². The normalized spacial score (nSPS) is 10.2. The fraction of sp³-hybridized carbons (Fsp3) is 0.235. The van der Waals surface area contributed by atoms with Crippen molar-refractivity contribution in [2.75, 3.05) is 14.2 Å². The quantitative estimate of drug-likeness (QED) is 0.766. The van der Waals surface area contributed by atoms with Gasteiger partial charge in [0.25, 0.3) is 0 Å². The molecular formula is C17H17FO3. The van der Waals surface area contributed by atoms with Gasteiger partial charge in [-0.05, 0) is 35.7 Å². The van der Waals surface area contributed by atoms with E-state index in [0.717, 1.165) is 23.0 Å². The van der Waals surface area contributed by atoms with Crippen LogP contribution < -0.4 is 9.47 Å². The summed E-state index contributed by atoms with van der Waals surface area (Å²) < 4.78 is 23.6. The molecule has 0 N–H and O–H groups in total. The third kappa shape index (κ3) is 3.60. The third-order valence-corrected chi connectivity index (χ3v) is 3.24. The SMILES string of the molecule is COc1cc(Cc2ccc(F)cc2)cc(CC=O)c1OC. The molecule has 110 valence electrons. The second-order valence-electron chi connectivity index (χ2n) is 4.66. The van der Waals surface area contributed by atoms with Gasteiger partial charge in [-0.15, -0.1) is 0 Å². The zero-order chi connectivity index (χ0) is 15.2. The summed E-state index contributed by atoms with van der Waals surface area (Å²) in [6.45, 7) is 0. The summed E-state index contributed by atoms with van der Waals surface area (Å²) >= 11 is 0. The molecular weight excluding hydrogens is 271 g/mol. The van der Waals surface area contributed by atoms with Crippen LogP contribution in [0.5, 0.6) is 11.5 Å². The van der Waals surface area contributed by atoms with Gasteiger partial charge in [0.15, 0.2) is 11.5 Å². The zero-order valence-electron chi connectivity index (χ0n) is 12.1. The Balaban J connectivity index is 2.36. The molecule has 0 unspecified atom stereocenters. The smallest absolute Gasteiger partial charge is 0.164 e. The van der Waals surface area contributed by atoms with Crippen LogP contribution in [-0.2, 0) is 17.6 Å². The molecule has 21 heavy (non-hydrogen) atoms. The Morgan fingerprint density at radius 2 is 1.76 bits per heavy atom. The molecule has 2 aromatic carbocycles. The van der Waals surface area contributed by atoms with Crippen molar-refractivity contribution in [3.63, 3.8) is 0 Å². The molecule has 0 saturated heterocycles. The summed E-state index contributed by atoms with van der Waals surface area (Å²) in [4.78, 5) is 10.8. The summed E-state index contributed by atoms with van der Waals surface area (Å²) in [6.07, 6.45) is 1.72. The lowest BCUT2D eigenvalue weighted by molar-refractivity contribution is -0.107. The van der Waals surface area contributed by atoms with Gasteiger partial charge >= 0.3 is 0 Å². The highest BCUT2D eigenvalue weighted by Gasteiger charge is 2.12. The van der Waals surface area contributed by atoms with E-state index in [2.05, 4.69) is 0 Å². The topological polar surface area (TPSA) is 35.5 Å². The molecule has 0 bridgehead atoms. The predicted octanol–water partition coefficient (Wildman–Crippen LogP) is 3.18. The van der Waals surface area contributed by atoms with Crippen LogP contribution in [0.2, 0.25) is 0 Å². The summed E-state index contributed by atoms with van der Waals surface area (Å²) in [5.41, 5.74) is 2.75. The lowest BCUT2D eigenvalue weighted by Gasteiger charge is -2.14. The molecule has 3 nitrogen and oxygen atoms in total. The van der Waals surface area contributed by atoms with Crippen LogP contribution in [0, 0.1) is 5.82 Å². The molecule has 0 radical (unpaired) electrons. The Morgan fingerprint density at radius 3 is 2.33 bits per heavy atom. The minimum Gasteiger partial charge on any atom is -0.493 e. The molecule has 0 aliphatic rings. The molecule has 0 spiro atoms. The number of hydrogen-bond acceptors (Lipinski definition) is 3. The summed E-state index contributed by atoms with van der Waals surface area (Å²) in [6, 6.07) is 10.1. The first-order valence-electron chi connectivity index (χ1n) is 6.59. The molecule has 0 atom stereocenters. The summed E-state index contributed by atoms with van der Waals surface area (Å²) in [7, 11) is 3.11. The van der Waals surface area contributed by atoms with Crippen molar-refractivity contribution < 1.29 is 18.7 Å². The minimum atomic E-state index is -0.257. The van der Waals surface area contributed by atoms with Gasteiger partial charge in [-0.25, -0.2) is 4.39 Å². The van der Waals surface area contributed by atoms with Gasteiger partial charge in [-0.2, -0.15) is 0 Å². The number of halogens is 1. The number of hydrogen-bond donors (Lipinski definition) is 0. The van der Waals surface area contributed by atoms with Crippen LogP contribution in [0.1, 0.15) is 16.7 Å². The number of ether oxygens (including phenoxy) is 2. The molecule has 0 aromatic heterocycles. The van der Waals surface area contributed by atoms with E-state index in [1.165, 1.54) is 12.1 Å². The van der Waals surface area contributed by atoms with Gasteiger partial charge in [0.05, 0.1) is 14.2 Å². The van der Waals surface area contributed by atoms with Gasteiger partial charge in [-0.1, -0.05) is 18.2 Å². The third-order valence-electron chi connectivity index (χ3n) is 3.24. The Labute approximate surface area is 123 Å². The van der Waals surface area contributed by atoms with Crippen molar-refractivity contribution >= 4 is 6.29 Å². The maximum atomic E-state index is 12.9. The van der Waals surface area contributed by atoms with E-state index in [-0.39, 0.29) is 12.2 Å². The van der Waals surface area contributed by atoms with E-state index in [1.807, 2.05) is 12.1 Å². The highest BCUT2D eigenvalue weighted by Crippen LogP contribution is 2.33. The van der Waals surface area contributed by atoms with Crippen molar-refractivity contribution in [2.45, 2.75) is 12.8 Å². The number of methoxy groups -OCH3 is 2. The van der Waals surface area contributed by atoms with Gasteiger partial charge in [0, 0.05) is 12.0 Å². The average molecular weight is 288 g/mol.